The first-order valence-electron chi connectivity index (χ1n) is 7.52. The fourth-order valence-corrected chi connectivity index (χ4v) is 3.73. The molecule has 1 saturated heterocycles. The number of aryl methyl sites for hydroxylation is 1. The minimum atomic E-state index is 0.164. The van der Waals surface area contributed by atoms with E-state index in [9.17, 15) is 0 Å². The van der Waals surface area contributed by atoms with Gasteiger partial charge in [0, 0.05) is 36.6 Å². The third kappa shape index (κ3) is 4.04. The number of nitrogens with one attached hydrogen (secondary N) is 1. The third-order valence-electron chi connectivity index (χ3n) is 4.09. The first-order valence-corrected chi connectivity index (χ1v) is 8.40. The number of hydrogen-bond acceptors (Lipinski definition) is 4. The summed E-state index contributed by atoms with van der Waals surface area (Å²) in [5.74, 6) is 0. The molecule has 0 spiro atoms. The van der Waals surface area contributed by atoms with Crippen molar-refractivity contribution in [2.45, 2.75) is 58.9 Å². The van der Waals surface area contributed by atoms with E-state index in [4.69, 9.17) is 4.74 Å². The maximum Gasteiger partial charge on any atom is 0.0678 e. The Morgan fingerprint density at radius 3 is 2.55 bits per heavy atom. The second kappa shape index (κ2) is 6.56. The predicted molar refractivity (Wildman–Crippen MR) is 86.4 cm³/mol. The van der Waals surface area contributed by atoms with E-state index < -0.39 is 0 Å². The average molecular weight is 296 g/mol. The van der Waals surface area contributed by atoms with Crippen LogP contribution in [0.25, 0.3) is 0 Å². The van der Waals surface area contributed by atoms with Crippen molar-refractivity contribution in [1.82, 2.24) is 10.2 Å². The lowest BCUT2D eigenvalue weighted by Gasteiger charge is -2.45. The summed E-state index contributed by atoms with van der Waals surface area (Å²) < 4.78 is 5.83. The fourth-order valence-electron chi connectivity index (χ4n) is 2.85. The molecule has 2 unspecified atom stereocenters. The van der Waals surface area contributed by atoms with Gasteiger partial charge in [0.05, 0.1) is 12.2 Å². The maximum atomic E-state index is 5.83. The molecule has 1 aromatic rings. The second-order valence-electron chi connectivity index (χ2n) is 6.61. The Labute approximate surface area is 127 Å². The minimum Gasteiger partial charge on any atom is -0.373 e. The van der Waals surface area contributed by atoms with Crippen molar-refractivity contribution in [1.29, 1.82) is 0 Å². The highest BCUT2D eigenvalue weighted by atomic mass is 32.1. The molecule has 114 valence electrons. The van der Waals surface area contributed by atoms with Crippen LogP contribution >= 0.6 is 11.3 Å². The Kier molecular flexibility index (Phi) is 5.24. The van der Waals surface area contributed by atoms with Crippen molar-refractivity contribution in [3.05, 3.63) is 21.9 Å². The SMILES string of the molecule is Cc1ccsc1CNCC(C)(C)N1CC(C)OC(C)C1. The molecule has 0 aromatic carbocycles. The Hall–Kier alpha value is -0.420. The van der Waals surface area contributed by atoms with Crippen LogP contribution in [0.15, 0.2) is 11.4 Å². The summed E-state index contributed by atoms with van der Waals surface area (Å²) >= 11 is 1.84. The van der Waals surface area contributed by atoms with Crippen LogP contribution in [0.2, 0.25) is 0 Å². The lowest BCUT2D eigenvalue weighted by atomic mass is 10.00. The van der Waals surface area contributed by atoms with E-state index in [2.05, 4.69) is 56.3 Å². The normalized spacial score (nSPS) is 25.1. The van der Waals surface area contributed by atoms with Crippen LogP contribution in [-0.4, -0.2) is 42.3 Å². The molecule has 2 heterocycles. The van der Waals surface area contributed by atoms with E-state index in [1.54, 1.807) is 0 Å². The zero-order valence-electron chi connectivity index (χ0n) is 13.4. The zero-order valence-corrected chi connectivity index (χ0v) is 14.2. The Balaban J connectivity index is 1.85. The standard InChI is InChI=1S/C16H28N2OS/c1-12-6-7-20-15(12)8-17-11-16(4,5)18-9-13(2)19-14(3)10-18/h6-7,13-14,17H,8-11H2,1-5H3. The van der Waals surface area contributed by atoms with E-state index >= 15 is 0 Å². The molecule has 3 nitrogen and oxygen atoms in total. The van der Waals surface area contributed by atoms with Crippen LogP contribution < -0.4 is 5.32 Å². The summed E-state index contributed by atoms with van der Waals surface area (Å²) in [4.78, 5) is 4.00. The van der Waals surface area contributed by atoms with E-state index in [0.29, 0.717) is 12.2 Å². The lowest BCUT2D eigenvalue weighted by Crippen LogP contribution is -2.58. The number of thiophene rings is 1. The molecule has 0 radical (unpaired) electrons. The lowest BCUT2D eigenvalue weighted by molar-refractivity contribution is -0.0952. The van der Waals surface area contributed by atoms with Crippen molar-refractivity contribution in [2.24, 2.45) is 0 Å². The van der Waals surface area contributed by atoms with Crippen LogP contribution in [0.3, 0.4) is 0 Å². The summed E-state index contributed by atoms with van der Waals surface area (Å²) in [6, 6.07) is 2.19. The third-order valence-corrected chi connectivity index (χ3v) is 5.11. The average Bonchev–Trinajstić information content (AvgIpc) is 2.74. The van der Waals surface area contributed by atoms with Crippen LogP contribution in [0.5, 0.6) is 0 Å². The number of ether oxygens (including phenoxy) is 1. The van der Waals surface area contributed by atoms with Gasteiger partial charge in [-0.3, -0.25) is 4.90 Å². The van der Waals surface area contributed by atoms with E-state index in [1.165, 1.54) is 10.4 Å². The predicted octanol–water partition coefficient (Wildman–Crippen LogP) is 3.03. The molecule has 0 aliphatic carbocycles. The van der Waals surface area contributed by atoms with Gasteiger partial charge in [-0.25, -0.2) is 0 Å². The first-order chi connectivity index (χ1) is 9.38. The molecule has 1 aliphatic rings. The van der Waals surface area contributed by atoms with Gasteiger partial charge < -0.3 is 10.1 Å². The molecular formula is C16H28N2OS. The van der Waals surface area contributed by atoms with E-state index in [0.717, 1.165) is 26.2 Å². The molecule has 4 heteroatoms. The number of nitrogens with zero attached hydrogens (tertiary/aromatic N) is 1. The highest BCUT2D eigenvalue weighted by Gasteiger charge is 2.32. The van der Waals surface area contributed by atoms with Gasteiger partial charge in [-0.2, -0.15) is 0 Å². The number of morpholine rings is 1. The molecule has 1 fully saturated rings. The van der Waals surface area contributed by atoms with Crippen molar-refractivity contribution in [2.75, 3.05) is 19.6 Å². The van der Waals surface area contributed by atoms with Gasteiger partial charge in [0.15, 0.2) is 0 Å². The second-order valence-corrected chi connectivity index (χ2v) is 7.61. The summed E-state index contributed by atoms with van der Waals surface area (Å²) in [5, 5.41) is 5.79. The molecule has 2 rings (SSSR count). The van der Waals surface area contributed by atoms with Gasteiger partial charge in [0.25, 0.3) is 0 Å². The summed E-state index contributed by atoms with van der Waals surface area (Å²) in [7, 11) is 0. The van der Waals surface area contributed by atoms with Crippen LogP contribution in [0, 0.1) is 6.92 Å². The first kappa shape index (κ1) is 16.0. The largest absolute Gasteiger partial charge is 0.373 e. The molecule has 0 amide bonds. The molecular weight excluding hydrogens is 268 g/mol. The number of hydrogen-bond donors (Lipinski definition) is 1. The number of rotatable bonds is 5. The van der Waals surface area contributed by atoms with Crippen LogP contribution in [0.1, 0.15) is 38.1 Å². The van der Waals surface area contributed by atoms with Crippen molar-refractivity contribution in [3.8, 4) is 0 Å². The molecule has 0 saturated carbocycles. The molecule has 0 bridgehead atoms. The molecule has 20 heavy (non-hydrogen) atoms. The van der Waals surface area contributed by atoms with Gasteiger partial charge in [0.2, 0.25) is 0 Å². The molecule has 1 aromatic heterocycles. The highest BCUT2D eigenvalue weighted by Crippen LogP contribution is 2.21. The van der Waals surface area contributed by atoms with Crippen LogP contribution in [-0.2, 0) is 11.3 Å². The van der Waals surface area contributed by atoms with E-state index in [-0.39, 0.29) is 5.54 Å². The molecule has 2 atom stereocenters. The van der Waals surface area contributed by atoms with Crippen molar-refractivity contribution >= 4 is 11.3 Å². The van der Waals surface area contributed by atoms with Crippen molar-refractivity contribution < 1.29 is 4.74 Å². The maximum absolute atomic E-state index is 5.83. The van der Waals surface area contributed by atoms with Gasteiger partial charge in [-0.1, -0.05) is 0 Å². The van der Waals surface area contributed by atoms with E-state index in [1.807, 2.05) is 11.3 Å². The van der Waals surface area contributed by atoms with Gasteiger partial charge in [-0.15, -0.1) is 11.3 Å². The zero-order chi connectivity index (χ0) is 14.8. The topological polar surface area (TPSA) is 24.5 Å². The molecule has 1 N–H and O–H groups in total. The highest BCUT2D eigenvalue weighted by molar-refractivity contribution is 7.10. The monoisotopic (exact) mass is 296 g/mol. The van der Waals surface area contributed by atoms with Crippen LogP contribution in [0.4, 0.5) is 0 Å². The van der Waals surface area contributed by atoms with Crippen molar-refractivity contribution in [3.63, 3.8) is 0 Å². The molecule has 1 aliphatic heterocycles. The Morgan fingerprint density at radius 2 is 2.00 bits per heavy atom. The summed E-state index contributed by atoms with van der Waals surface area (Å²) in [5.41, 5.74) is 1.56. The fraction of sp³-hybridized carbons (Fsp3) is 0.750. The van der Waals surface area contributed by atoms with Gasteiger partial charge >= 0.3 is 0 Å². The Bertz CT molecular complexity index is 420. The van der Waals surface area contributed by atoms with Gasteiger partial charge in [-0.05, 0) is 51.6 Å². The minimum absolute atomic E-state index is 0.164. The van der Waals surface area contributed by atoms with Gasteiger partial charge in [0.1, 0.15) is 0 Å². The summed E-state index contributed by atoms with van der Waals surface area (Å²) in [6.45, 7) is 15.2. The smallest absolute Gasteiger partial charge is 0.0678 e. The Morgan fingerprint density at radius 1 is 1.35 bits per heavy atom. The summed E-state index contributed by atoms with van der Waals surface area (Å²) in [6.07, 6.45) is 0.662. The quantitative estimate of drug-likeness (QED) is 0.904.